The first-order valence-corrected chi connectivity index (χ1v) is 17.5. The third-order valence-electron chi connectivity index (χ3n) is 9.77. The first-order chi connectivity index (χ1) is 20.3. The van der Waals surface area contributed by atoms with E-state index in [0.717, 1.165) is 4.70 Å². The van der Waals surface area contributed by atoms with Crippen molar-refractivity contribution in [2.45, 2.75) is 76.8 Å². The monoisotopic (exact) mass is 629 g/mol. The number of rotatable bonds is 11. The smallest absolute Gasteiger partial charge is 0.243 e. The zero-order valence-corrected chi connectivity index (χ0v) is 26.5. The number of Topliss-reactive ketones (excluding diaryl/α,β-unsaturated/α-hetero) is 1. The molecule has 2 aliphatic carbocycles. The summed E-state index contributed by atoms with van der Waals surface area (Å²) in [6, 6.07) is 4.54. The molecule has 6 atom stereocenters. The number of carbonyl (C=O) groups excluding carboxylic acids is 4. The highest BCUT2D eigenvalue weighted by Gasteiger charge is 2.69. The van der Waals surface area contributed by atoms with Crippen molar-refractivity contribution >= 4 is 55.1 Å². The van der Waals surface area contributed by atoms with Crippen molar-refractivity contribution in [1.82, 2.24) is 25.2 Å². The van der Waals surface area contributed by atoms with Gasteiger partial charge in [-0.25, -0.2) is 18.1 Å². The number of hydrogen-bond donors (Lipinski definition) is 3. The van der Waals surface area contributed by atoms with Crippen LogP contribution < -0.4 is 15.4 Å². The molecular formula is C30H39N5O6S2. The van der Waals surface area contributed by atoms with Gasteiger partial charge in [-0.15, -0.1) is 11.3 Å². The van der Waals surface area contributed by atoms with Gasteiger partial charge < -0.3 is 15.5 Å². The van der Waals surface area contributed by atoms with Crippen molar-refractivity contribution < 1.29 is 27.6 Å². The van der Waals surface area contributed by atoms with Gasteiger partial charge in [0.1, 0.15) is 12.1 Å². The van der Waals surface area contributed by atoms with Crippen LogP contribution in [0.4, 0.5) is 0 Å². The van der Waals surface area contributed by atoms with E-state index < -0.39 is 51.1 Å². The van der Waals surface area contributed by atoms with E-state index in [-0.39, 0.29) is 46.3 Å². The molecule has 232 valence electrons. The predicted octanol–water partition coefficient (Wildman–Crippen LogP) is 2.08. The molecule has 0 spiro atoms. The van der Waals surface area contributed by atoms with Crippen LogP contribution in [0, 0.1) is 29.1 Å². The predicted molar refractivity (Wildman–Crippen MR) is 162 cm³/mol. The van der Waals surface area contributed by atoms with Crippen LogP contribution in [-0.4, -0.2) is 78.3 Å². The number of nitrogens with zero attached hydrogens (tertiary/aromatic N) is 2. The van der Waals surface area contributed by atoms with Crippen molar-refractivity contribution in [3.63, 3.8) is 0 Å². The molecule has 6 rings (SSSR count). The molecular weight excluding hydrogens is 590 g/mol. The molecule has 2 saturated carbocycles. The number of ketones is 1. The highest BCUT2D eigenvalue weighted by molar-refractivity contribution is 7.90. The van der Waals surface area contributed by atoms with Crippen molar-refractivity contribution in [2.75, 3.05) is 13.1 Å². The van der Waals surface area contributed by atoms with Crippen molar-refractivity contribution in [1.29, 1.82) is 0 Å². The lowest BCUT2D eigenvalue weighted by Crippen LogP contribution is -2.58. The number of aromatic nitrogens is 1. The summed E-state index contributed by atoms with van der Waals surface area (Å²) in [5, 5.41) is 5.51. The highest BCUT2D eigenvalue weighted by Crippen LogP contribution is 2.65. The van der Waals surface area contributed by atoms with E-state index in [9.17, 15) is 27.6 Å². The van der Waals surface area contributed by atoms with Gasteiger partial charge in [0.25, 0.3) is 0 Å². The van der Waals surface area contributed by atoms with Gasteiger partial charge in [0.15, 0.2) is 5.01 Å². The number of thiazole rings is 1. The summed E-state index contributed by atoms with van der Waals surface area (Å²) in [5.74, 6) is -2.21. The van der Waals surface area contributed by atoms with Crippen LogP contribution in [0.2, 0.25) is 0 Å². The number of amides is 3. The number of sulfonamides is 1. The first-order valence-electron chi connectivity index (χ1n) is 15.1. The highest BCUT2D eigenvalue weighted by atomic mass is 32.2. The average molecular weight is 630 g/mol. The minimum absolute atomic E-state index is 0.0825. The summed E-state index contributed by atoms with van der Waals surface area (Å²) in [4.78, 5) is 60.5. The Balaban J connectivity index is 1.27. The molecule has 0 bridgehead atoms. The number of benzene rings is 1. The second kappa shape index (κ2) is 10.9. The molecule has 1 aromatic heterocycles. The molecule has 2 aliphatic heterocycles. The van der Waals surface area contributed by atoms with E-state index in [1.807, 2.05) is 24.3 Å². The van der Waals surface area contributed by atoms with E-state index in [1.54, 1.807) is 13.8 Å². The normalized spacial score (nSPS) is 27.6. The minimum Gasteiger partial charge on any atom is -0.356 e. The Morgan fingerprint density at radius 1 is 1.16 bits per heavy atom. The van der Waals surface area contributed by atoms with Gasteiger partial charge in [0.05, 0.1) is 21.5 Å². The fraction of sp³-hybridized carbons (Fsp3) is 0.633. The van der Waals surface area contributed by atoms with Crippen LogP contribution >= 0.6 is 11.3 Å². The number of para-hydroxylation sites is 1. The third kappa shape index (κ3) is 5.59. The van der Waals surface area contributed by atoms with Gasteiger partial charge in [-0.05, 0) is 61.0 Å². The summed E-state index contributed by atoms with van der Waals surface area (Å²) in [5.41, 5.74) is 0.500. The van der Waals surface area contributed by atoms with Crippen LogP contribution in [0.5, 0.6) is 0 Å². The Hall–Kier alpha value is -2.90. The Morgan fingerprint density at radius 2 is 1.88 bits per heavy atom. The summed E-state index contributed by atoms with van der Waals surface area (Å²) in [7, 11) is -3.65. The molecule has 2 aromatic rings. The number of nitrogens with one attached hydrogen (secondary N) is 3. The lowest BCUT2D eigenvalue weighted by Gasteiger charge is -2.35. The molecule has 1 aromatic carbocycles. The molecule has 11 nitrogen and oxygen atoms in total. The number of likely N-dealkylation sites (tertiary alicyclic amines) is 1. The quantitative estimate of drug-likeness (QED) is 0.322. The van der Waals surface area contributed by atoms with Gasteiger partial charge in [-0.2, -0.15) is 0 Å². The molecule has 0 radical (unpaired) electrons. The lowest BCUT2D eigenvalue weighted by atomic mass is 9.94. The molecule has 4 fully saturated rings. The molecule has 3 amide bonds. The van der Waals surface area contributed by atoms with Gasteiger partial charge in [0.2, 0.25) is 33.5 Å². The molecule has 43 heavy (non-hydrogen) atoms. The summed E-state index contributed by atoms with van der Waals surface area (Å²) >= 11 is 1.24. The van der Waals surface area contributed by atoms with Gasteiger partial charge in [-0.1, -0.05) is 39.8 Å². The molecule has 4 aliphatic rings. The van der Waals surface area contributed by atoms with Crippen molar-refractivity contribution in [3.8, 4) is 0 Å². The van der Waals surface area contributed by atoms with E-state index in [2.05, 4.69) is 34.2 Å². The van der Waals surface area contributed by atoms with Crippen LogP contribution in [0.3, 0.4) is 0 Å². The Kier molecular flexibility index (Phi) is 7.65. The SMILES string of the molecule is CC(C)[C@H](NS(=O)(=O)C1CC1)C(=O)N1CC2C(C1C(=O)N[C@@H](C[C@@H]1CCNC1=O)C(=O)c1nc3ccccc3s1)C2(C)C. The van der Waals surface area contributed by atoms with Gasteiger partial charge >= 0.3 is 0 Å². The summed E-state index contributed by atoms with van der Waals surface area (Å²) in [6.07, 6.45) is 1.83. The van der Waals surface area contributed by atoms with E-state index in [4.69, 9.17) is 0 Å². The van der Waals surface area contributed by atoms with Crippen LogP contribution in [0.25, 0.3) is 10.2 Å². The van der Waals surface area contributed by atoms with Crippen molar-refractivity contribution in [3.05, 3.63) is 29.3 Å². The topological polar surface area (TPSA) is 155 Å². The van der Waals surface area contributed by atoms with Gasteiger partial charge in [-0.3, -0.25) is 19.2 Å². The van der Waals surface area contributed by atoms with E-state index in [0.29, 0.717) is 37.9 Å². The fourth-order valence-corrected chi connectivity index (χ4v) is 9.52. The number of carbonyl (C=O) groups is 4. The van der Waals surface area contributed by atoms with Gasteiger partial charge in [0, 0.05) is 19.0 Å². The third-order valence-corrected chi connectivity index (χ3v) is 12.8. The number of hydrogen-bond acceptors (Lipinski definition) is 8. The fourth-order valence-electron chi connectivity index (χ4n) is 6.88. The molecule has 2 saturated heterocycles. The van der Waals surface area contributed by atoms with Crippen LogP contribution in [0.1, 0.15) is 63.2 Å². The zero-order chi connectivity index (χ0) is 30.8. The molecule has 13 heteroatoms. The van der Waals surface area contributed by atoms with Crippen LogP contribution in [-0.2, 0) is 24.4 Å². The van der Waals surface area contributed by atoms with Crippen LogP contribution in [0.15, 0.2) is 24.3 Å². The maximum atomic E-state index is 14.1. The second-order valence-electron chi connectivity index (χ2n) is 13.4. The Labute approximate surface area is 255 Å². The summed E-state index contributed by atoms with van der Waals surface area (Å²) < 4.78 is 29.1. The van der Waals surface area contributed by atoms with E-state index >= 15 is 0 Å². The van der Waals surface area contributed by atoms with E-state index in [1.165, 1.54) is 16.2 Å². The summed E-state index contributed by atoms with van der Waals surface area (Å²) in [6.45, 7) is 8.54. The Bertz CT molecular complexity index is 1550. The maximum absolute atomic E-state index is 14.1. The standard InChI is InChI=1S/C30H39N5O6S2/c1-15(2)23(34-43(40,41)17-9-10-17)29(39)35-14-18-22(30(18,3)4)24(35)27(38)32-20(13-16-11-12-31-26(16)37)25(36)28-33-19-7-5-6-8-21(19)42-28/h5-8,15-18,20,22-24,34H,9-14H2,1-4H3,(H,31,37)(H,32,38)/t16-,18?,20-,22?,23-,24?/m0/s1. The van der Waals surface area contributed by atoms with Crippen molar-refractivity contribution in [2.24, 2.45) is 29.1 Å². The lowest BCUT2D eigenvalue weighted by molar-refractivity contribution is -0.142. The molecule has 3 heterocycles. The molecule has 3 unspecified atom stereocenters. The maximum Gasteiger partial charge on any atom is 0.243 e. The first kappa shape index (κ1) is 30.1. The average Bonchev–Trinajstić information content (AvgIpc) is 3.67. The number of piperidine rings is 1. The number of fused-ring (bicyclic) bond motifs is 2. The zero-order valence-electron chi connectivity index (χ0n) is 24.8. The second-order valence-corrected chi connectivity index (χ2v) is 16.4. The molecule has 3 N–H and O–H groups in total. The minimum atomic E-state index is -3.65. The largest absolute Gasteiger partial charge is 0.356 e. The Morgan fingerprint density at radius 3 is 2.51 bits per heavy atom.